The molecule has 236 valence electrons. The second kappa shape index (κ2) is 11.5. The quantitative estimate of drug-likeness (QED) is 0.267. The van der Waals surface area contributed by atoms with Crippen molar-refractivity contribution in [1.29, 1.82) is 0 Å². The standard InChI is InChI=1S/C35H35FN4O5Si/c36-25-16-21(33(37)41)4-7-24(25)28-9-6-20-2-1-3-23(31(20)45-28)19-10-13-39(14-11-19)18-30-38-26-8-5-22(35(42)43)17-27(26)40(30)34-32(46-34)29-12-15-44-29/h1-9,16-17,19,28-29,32,34H,10-15,18,46H2,(H2,37,41)(H,42,43)/t28-,29?,32?,34?/m0/s1. The molecule has 4 atom stereocenters. The van der Waals surface area contributed by atoms with Crippen LogP contribution in [0.1, 0.15) is 80.2 Å². The van der Waals surface area contributed by atoms with Gasteiger partial charge in [-0.1, -0.05) is 30.3 Å². The van der Waals surface area contributed by atoms with Crippen molar-refractivity contribution in [3.05, 3.63) is 100 Å². The van der Waals surface area contributed by atoms with E-state index in [2.05, 4.69) is 15.5 Å². The van der Waals surface area contributed by atoms with Crippen LogP contribution in [0.3, 0.4) is 0 Å². The number of benzene rings is 3. The molecule has 3 unspecified atom stereocenters. The molecule has 3 saturated heterocycles. The van der Waals surface area contributed by atoms with Gasteiger partial charge in [0.05, 0.1) is 38.8 Å². The first-order valence-electron chi connectivity index (χ1n) is 16.0. The number of fused-ring (bicyclic) bond motifs is 2. The van der Waals surface area contributed by atoms with Crippen LogP contribution in [0.25, 0.3) is 17.1 Å². The minimum atomic E-state index is -0.926. The number of nitrogens with two attached hydrogens (primary N) is 1. The molecule has 4 aliphatic heterocycles. The number of rotatable bonds is 8. The fraction of sp³-hybridized carbons (Fsp3) is 0.343. The van der Waals surface area contributed by atoms with E-state index >= 15 is 0 Å². The second-order valence-corrected chi connectivity index (χ2v) is 15.1. The summed E-state index contributed by atoms with van der Waals surface area (Å²) in [6.45, 7) is 3.32. The van der Waals surface area contributed by atoms with Crippen LogP contribution < -0.4 is 10.5 Å². The van der Waals surface area contributed by atoms with Crippen molar-refractivity contribution in [3.8, 4) is 5.75 Å². The number of halogens is 1. The van der Waals surface area contributed by atoms with Gasteiger partial charge in [0, 0.05) is 29.0 Å². The van der Waals surface area contributed by atoms with Crippen LogP contribution in [-0.4, -0.2) is 66.8 Å². The van der Waals surface area contributed by atoms with Crippen LogP contribution in [0, 0.1) is 5.82 Å². The molecule has 4 aromatic rings. The van der Waals surface area contributed by atoms with E-state index in [9.17, 15) is 19.1 Å². The maximum absolute atomic E-state index is 15.0. The highest BCUT2D eigenvalue weighted by molar-refractivity contribution is 6.53. The number of aromatic nitrogens is 2. The Bertz CT molecular complexity index is 1900. The smallest absolute Gasteiger partial charge is 0.335 e. The number of carbonyl (C=O) groups excluding carboxylic acids is 1. The third kappa shape index (κ3) is 5.22. The summed E-state index contributed by atoms with van der Waals surface area (Å²) in [6, 6.07) is 15.7. The van der Waals surface area contributed by atoms with Gasteiger partial charge in [0.15, 0.2) is 0 Å². The number of amides is 1. The van der Waals surface area contributed by atoms with E-state index in [-0.39, 0.29) is 26.6 Å². The Morgan fingerprint density at radius 1 is 1.04 bits per heavy atom. The molecule has 0 saturated carbocycles. The molecule has 1 aromatic heterocycles. The molecule has 46 heavy (non-hydrogen) atoms. The minimum absolute atomic E-state index is 0.126. The highest BCUT2D eigenvalue weighted by atomic mass is 28.2. The highest BCUT2D eigenvalue weighted by Crippen LogP contribution is 2.49. The van der Waals surface area contributed by atoms with Crippen LogP contribution >= 0.6 is 0 Å². The zero-order valence-electron chi connectivity index (χ0n) is 25.3. The molecular formula is C35H35FN4O5Si. The van der Waals surface area contributed by atoms with Gasteiger partial charge in [-0.2, -0.15) is 0 Å². The van der Waals surface area contributed by atoms with Gasteiger partial charge in [0.2, 0.25) is 5.91 Å². The van der Waals surface area contributed by atoms with Crippen LogP contribution in [0.2, 0.25) is 5.54 Å². The average molecular weight is 639 g/mol. The third-order valence-electron chi connectivity index (χ3n) is 10.1. The average Bonchev–Trinajstić information content (AvgIpc) is 3.70. The Labute approximate surface area is 267 Å². The van der Waals surface area contributed by atoms with Crippen molar-refractivity contribution in [2.45, 2.75) is 55.1 Å². The zero-order chi connectivity index (χ0) is 31.5. The van der Waals surface area contributed by atoms with Gasteiger partial charge in [0.1, 0.15) is 23.5 Å². The van der Waals surface area contributed by atoms with Gasteiger partial charge in [-0.3, -0.25) is 9.69 Å². The number of aromatic carboxylic acids is 1. The van der Waals surface area contributed by atoms with Crippen LogP contribution in [0.15, 0.2) is 60.7 Å². The number of piperidine rings is 1. The monoisotopic (exact) mass is 638 g/mol. The van der Waals surface area contributed by atoms with Crippen LogP contribution in [-0.2, 0) is 11.3 Å². The fourth-order valence-corrected chi connectivity index (χ4v) is 9.65. The number of hydrogen-bond acceptors (Lipinski definition) is 6. The summed E-state index contributed by atoms with van der Waals surface area (Å²) in [4.78, 5) is 30.8. The first-order valence-corrected chi connectivity index (χ1v) is 17.6. The van der Waals surface area contributed by atoms with Crippen molar-refractivity contribution < 1.29 is 28.6 Å². The third-order valence-corrected chi connectivity index (χ3v) is 12.4. The maximum Gasteiger partial charge on any atom is 0.335 e. The van der Waals surface area contributed by atoms with Crippen LogP contribution in [0.5, 0.6) is 5.75 Å². The van der Waals surface area contributed by atoms with Gasteiger partial charge >= 0.3 is 5.97 Å². The molecule has 8 rings (SSSR count). The van der Waals surface area contributed by atoms with E-state index in [0.29, 0.717) is 29.4 Å². The SMILES string of the molecule is NC(=O)c1ccc([C@@H]2C=Cc3cccc(C4CCN(Cc5nc6ccc(C(=O)O)cc6n5C5[SiH2]C5C5CCO5)CC4)c3O2)c(F)c1. The normalized spacial score (nSPS) is 24.8. The predicted octanol–water partition coefficient (Wildman–Crippen LogP) is 4.76. The Balaban J connectivity index is 0.996. The number of carboxylic acids is 1. The minimum Gasteiger partial charge on any atom is -0.481 e. The Morgan fingerprint density at radius 2 is 1.85 bits per heavy atom. The molecular weight excluding hydrogens is 603 g/mol. The molecule has 9 nitrogen and oxygen atoms in total. The van der Waals surface area contributed by atoms with E-state index < -0.39 is 23.8 Å². The van der Waals surface area contributed by atoms with E-state index in [1.807, 2.05) is 30.4 Å². The molecule has 0 radical (unpaired) electrons. The predicted molar refractivity (Wildman–Crippen MR) is 173 cm³/mol. The summed E-state index contributed by atoms with van der Waals surface area (Å²) < 4.78 is 29.6. The lowest BCUT2D eigenvalue weighted by Gasteiger charge is -2.34. The van der Waals surface area contributed by atoms with Crippen molar-refractivity contribution in [3.63, 3.8) is 0 Å². The largest absolute Gasteiger partial charge is 0.481 e. The van der Waals surface area contributed by atoms with Gasteiger partial charge in [-0.05, 0) is 85.8 Å². The summed E-state index contributed by atoms with van der Waals surface area (Å²) in [5.74, 6) is -0.0424. The molecule has 3 N–H and O–H groups in total. The number of imidazole rings is 1. The van der Waals surface area contributed by atoms with Gasteiger partial charge < -0.3 is 24.9 Å². The molecule has 11 heteroatoms. The van der Waals surface area contributed by atoms with Crippen molar-refractivity contribution in [2.75, 3.05) is 19.7 Å². The summed E-state index contributed by atoms with van der Waals surface area (Å²) in [6.07, 6.45) is 6.56. The lowest BCUT2D eigenvalue weighted by atomic mass is 9.87. The summed E-state index contributed by atoms with van der Waals surface area (Å²) in [5.41, 5.74) is 11.0. The molecule has 0 aliphatic carbocycles. The number of primary amides is 1. The van der Waals surface area contributed by atoms with Gasteiger partial charge in [0.25, 0.3) is 0 Å². The Hall–Kier alpha value is -4.32. The van der Waals surface area contributed by atoms with E-state index in [1.165, 1.54) is 6.07 Å². The number of hydrogen-bond donors (Lipinski definition) is 2. The molecule has 0 spiro atoms. The van der Waals surface area contributed by atoms with E-state index in [1.54, 1.807) is 18.2 Å². The fourth-order valence-electron chi connectivity index (χ4n) is 7.45. The number of ether oxygens (including phenoxy) is 2. The topological polar surface area (TPSA) is 120 Å². The Kier molecular flexibility index (Phi) is 7.27. The zero-order valence-corrected chi connectivity index (χ0v) is 26.7. The van der Waals surface area contributed by atoms with E-state index in [0.717, 1.165) is 78.8 Å². The van der Waals surface area contributed by atoms with Gasteiger partial charge in [-0.15, -0.1) is 0 Å². The van der Waals surface area contributed by atoms with Crippen molar-refractivity contribution in [1.82, 2.24) is 14.5 Å². The summed E-state index contributed by atoms with van der Waals surface area (Å²) in [5, 5.41) is 9.66. The first kappa shape index (κ1) is 29.1. The molecule has 3 aromatic carbocycles. The lowest BCUT2D eigenvalue weighted by Crippen LogP contribution is -2.33. The molecule has 3 fully saturated rings. The number of carbonyl (C=O) groups is 2. The maximum atomic E-state index is 15.0. The molecule has 4 aliphatic rings. The number of para-hydroxylation sites is 1. The molecule has 5 heterocycles. The summed E-state index contributed by atoms with van der Waals surface area (Å²) in [7, 11) is -0.376. The summed E-state index contributed by atoms with van der Waals surface area (Å²) >= 11 is 0. The number of nitrogens with zero attached hydrogens (tertiary/aromatic N) is 3. The Morgan fingerprint density at radius 3 is 2.57 bits per heavy atom. The van der Waals surface area contributed by atoms with Crippen molar-refractivity contribution >= 4 is 38.5 Å². The number of carboxylic acid groups (broad SMARTS) is 1. The second-order valence-electron chi connectivity index (χ2n) is 12.9. The highest BCUT2D eigenvalue weighted by Gasteiger charge is 2.49. The van der Waals surface area contributed by atoms with Crippen LogP contribution in [0.4, 0.5) is 4.39 Å². The lowest BCUT2D eigenvalue weighted by molar-refractivity contribution is -0.0494. The first-order chi connectivity index (χ1) is 22.3. The van der Waals surface area contributed by atoms with Gasteiger partial charge in [-0.25, -0.2) is 14.2 Å². The number of likely N-dealkylation sites (tertiary alicyclic amines) is 1. The molecule has 0 bridgehead atoms. The molecule has 1 amide bonds. The van der Waals surface area contributed by atoms with Crippen molar-refractivity contribution in [2.24, 2.45) is 5.73 Å². The van der Waals surface area contributed by atoms with E-state index in [4.69, 9.17) is 20.2 Å².